The quantitative estimate of drug-likeness (QED) is 0.708. The van der Waals surface area contributed by atoms with Gasteiger partial charge in [0.05, 0.1) is 6.61 Å². The first-order valence-electron chi connectivity index (χ1n) is 6.46. The lowest BCUT2D eigenvalue weighted by Gasteiger charge is -2.40. The number of hydrogen-bond donors (Lipinski definition) is 2. The highest BCUT2D eigenvalue weighted by Crippen LogP contribution is 2.26. The molecule has 15 heavy (non-hydrogen) atoms. The Labute approximate surface area is 92.8 Å². The summed E-state index contributed by atoms with van der Waals surface area (Å²) in [5, 5.41) is 12.5. The Morgan fingerprint density at radius 3 is 2.60 bits per heavy atom. The molecular weight excluding hydrogens is 188 g/mol. The van der Waals surface area contributed by atoms with Gasteiger partial charge in [-0.15, -0.1) is 0 Å². The van der Waals surface area contributed by atoms with Gasteiger partial charge < -0.3 is 10.4 Å². The van der Waals surface area contributed by atoms with E-state index in [0.717, 1.165) is 18.5 Å². The summed E-state index contributed by atoms with van der Waals surface area (Å²) in [6, 6.07) is 0.777. The van der Waals surface area contributed by atoms with Gasteiger partial charge in [-0.2, -0.15) is 0 Å². The van der Waals surface area contributed by atoms with Gasteiger partial charge in [0.2, 0.25) is 0 Å². The number of nitrogens with one attached hydrogen (secondary N) is 1. The number of hydrogen-bond acceptors (Lipinski definition) is 3. The number of piperidine rings is 1. The molecule has 1 unspecified atom stereocenters. The van der Waals surface area contributed by atoms with Gasteiger partial charge in [0, 0.05) is 19.1 Å². The molecule has 1 saturated heterocycles. The van der Waals surface area contributed by atoms with Crippen LogP contribution >= 0.6 is 0 Å². The van der Waals surface area contributed by atoms with Crippen LogP contribution < -0.4 is 5.32 Å². The molecule has 0 spiro atoms. The van der Waals surface area contributed by atoms with E-state index in [1.165, 1.54) is 51.7 Å². The van der Waals surface area contributed by atoms with E-state index in [-0.39, 0.29) is 0 Å². The third kappa shape index (κ3) is 3.16. The van der Waals surface area contributed by atoms with Crippen LogP contribution in [-0.2, 0) is 0 Å². The third-order valence-corrected chi connectivity index (χ3v) is 3.87. The molecular formula is C12H24N2O. The van der Waals surface area contributed by atoms with E-state index in [9.17, 15) is 0 Å². The Hall–Kier alpha value is -0.120. The van der Waals surface area contributed by atoms with Crippen molar-refractivity contribution in [2.75, 3.05) is 32.8 Å². The van der Waals surface area contributed by atoms with E-state index in [1.54, 1.807) is 0 Å². The fraction of sp³-hybridized carbons (Fsp3) is 1.00. The molecule has 1 saturated carbocycles. The van der Waals surface area contributed by atoms with Crippen molar-refractivity contribution in [2.24, 2.45) is 5.92 Å². The molecule has 88 valence electrons. The van der Waals surface area contributed by atoms with E-state index in [1.807, 2.05) is 0 Å². The second-order valence-corrected chi connectivity index (χ2v) is 5.02. The average molecular weight is 212 g/mol. The highest BCUT2D eigenvalue weighted by Gasteiger charge is 2.26. The third-order valence-electron chi connectivity index (χ3n) is 3.87. The lowest BCUT2D eigenvalue weighted by atomic mass is 9.89. The summed E-state index contributed by atoms with van der Waals surface area (Å²) in [4.78, 5) is 2.52. The maximum absolute atomic E-state index is 9.08. The Balaban J connectivity index is 1.76. The monoisotopic (exact) mass is 212 g/mol. The molecule has 1 heterocycles. The Kier molecular flexibility index (Phi) is 4.42. The van der Waals surface area contributed by atoms with Gasteiger partial charge >= 0.3 is 0 Å². The van der Waals surface area contributed by atoms with Crippen molar-refractivity contribution in [3.05, 3.63) is 0 Å². The lowest BCUT2D eigenvalue weighted by Crippen LogP contribution is -2.46. The van der Waals surface area contributed by atoms with Crippen LogP contribution in [0, 0.1) is 5.92 Å². The molecule has 0 aromatic heterocycles. The van der Waals surface area contributed by atoms with Crippen LogP contribution in [0.4, 0.5) is 0 Å². The molecule has 2 fully saturated rings. The zero-order valence-electron chi connectivity index (χ0n) is 9.62. The normalized spacial score (nSPS) is 28.0. The second kappa shape index (κ2) is 5.83. The fourth-order valence-electron chi connectivity index (χ4n) is 2.71. The number of aliphatic hydroxyl groups is 1. The predicted octanol–water partition coefficient (Wildman–Crippen LogP) is 0.833. The van der Waals surface area contributed by atoms with Crippen molar-refractivity contribution in [1.82, 2.24) is 10.2 Å². The molecule has 1 atom stereocenters. The van der Waals surface area contributed by atoms with E-state index < -0.39 is 0 Å². The smallest absolute Gasteiger partial charge is 0.0558 e. The van der Waals surface area contributed by atoms with Crippen LogP contribution in [0.15, 0.2) is 0 Å². The summed E-state index contributed by atoms with van der Waals surface area (Å²) in [6.07, 6.45) is 6.76. The molecule has 0 bridgehead atoms. The molecule has 0 aromatic carbocycles. The minimum Gasteiger partial charge on any atom is -0.395 e. The first kappa shape index (κ1) is 11.4. The standard InChI is InChI=1S/C12H24N2O/c15-8-7-14(12-4-1-5-12)10-11-3-2-6-13-9-11/h11-13,15H,1-10H2. The van der Waals surface area contributed by atoms with Crippen molar-refractivity contribution in [3.8, 4) is 0 Å². The van der Waals surface area contributed by atoms with Crippen LogP contribution in [-0.4, -0.2) is 48.8 Å². The molecule has 2 N–H and O–H groups in total. The Bertz CT molecular complexity index is 176. The summed E-state index contributed by atoms with van der Waals surface area (Å²) in [7, 11) is 0. The Morgan fingerprint density at radius 1 is 1.20 bits per heavy atom. The summed E-state index contributed by atoms with van der Waals surface area (Å²) < 4.78 is 0. The lowest BCUT2D eigenvalue weighted by molar-refractivity contribution is 0.0801. The van der Waals surface area contributed by atoms with E-state index in [0.29, 0.717) is 6.61 Å². The topological polar surface area (TPSA) is 35.5 Å². The van der Waals surface area contributed by atoms with Crippen LogP contribution in [0.25, 0.3) is 0 Å². The first-order valence-corrected chi connectivity index (χ1v) is 6.46. The summed E-state index contributed by atoms with van der Waals surface area (Å²) in [6.45, 7) is 4.75. The van der Waals surface area contributed by atoms with Gasteiger partial charge in [-0.1, -0.05) is 6.42 Å². The van der Waals surface area contributed by atoms with Gasteiger partial charge in [-0.05, 0) is 44.7 Å². The molecule has 1 aliphatic heterocycles. The molecule has 0 radical (unpaired) electrons. The zero-order chi connectivity index (χ0) is 10.5. The van der Waals surface area contributed by atoms with Gasteiger partial charge in [-0.3, -0.25) is 4.90 Å². The minimum atomic E-state index is 0.316. The van der Waals surface area contributed by atoms with Gasteiger partial charge in [0.25, 0.3) is 0 Å². The summed E-state index contributed by atoms with van der Waals surface area (Å²) >= 11 is 0. The second-order valence-electron chi connectivity index (χ2n) is 5.02. The predicted molar refractivity (Wildman–Crippen MR) is 61.9 cm³/mol. The van der Waals surface area contributed by atoms with Crippen LogP contribution in [0.3, 0.4) is 0 Å². The number of rotatable bonds is 5. The van der Waals surface area contributed by atoms with Crippen LogP contribution in [0.5, 0.6) is 0 Å². The van der Waals surface area contributed by atoms with Crippen molar-refractivity contribution in [2.45, 2.75) is 38.1 Å². The van der Waals surface area contributed by atoms with Gasteiger partial charge in [-0.25, -0.2) is 0 Å². The molecule has 3 heteroatoms. The molecule has 0 amide bonds. The molecule has 2 aliphatic rings. The summed E-state index contributed by atoms with van der Waals surface area (Å²) in [5.41, 5.74) is 0. The average Bonchev–Trinajstić information content (AvgIpc) is 2.17. The maximum atomic E-state index is 9.08. The van der Waals surface area contributed by atoms with Crippen molar-refractivity contribution in [3.63, 3.8) is 0 Å². The highest BCUT2D eigenvalue weighted by molar-refractivity contribution is 4.82. The molecule has 1 aliphatic carbocycles. The van der Waals surface area contributed by atoms with Crippen molar-refractivity contribution < 1.29 is 5.11 Å². The highest BCUT2D eigenvalue weighted by atomic mass is 16.3. The maximum Gasteiger partial charge on any atom is 0.0558 e. The molecule has 0 aromatic rings. The van der Waals surface area contributed by atoms with E-state index in [2.05, 4.69) is 10.2 Å². The Morgan fingerprint density at radius 2 is 2.07 bits per heavy atom. The fourth-order valence-corrected chi connectivity index (χ4v) is 2.71. The first-order chi connectivity index (χ1) is 7.40. The van der Waals surface area contributed by atoms with E-state index >= 15 is 0 Å². The van der Waals surface area contributed by atoms with Crippen molar-refractivity contribution >= 4 is 0 Å². The van der Waals surface area contributed by atoms with Gasteiger partial charge in [0.15, 0.2) is 0 Å². The number of nitrogens with zero attached hydrogens (tertiary/aromatic N) is 1. The number of aliphatic hydroxyl groups excluding tert-OH is 1. The minimum absolute atomic E-state index is 0.316. The zero-order valence-corrected chi connectivity index (χ0v) is 9.62. The van der Waals surface area contributed by atoms with E-state index in [4.69, 9.17) is 5.11 Å². The SMILES string of the molecule is OCCN(CC1CCCNC1)C1CCC1. The van der Waals surface area contributed by atoms with Crippen LogP contribution in [0.1, 0.15) is 32.1 Å². The molecule has 2 rings (SSSR count). The van der Waals surface area contributed by atoms with Crippen molar-refractivity contribution in [1.29, 1.82) is 0 Å². The van der Waals surface area contributed by atoms with Gasteiger partial charge in [0.1, 0.15) is 0 Å². The largest absolute Gasteiger partial charge is 0.395 e. The summed E-state index contributed by atoms with van der Waals surface area (Å²) in [5.74, 6) is 0.811. The van der Waals surface area contributed by atoms with Crippen LogP contribution in [0.2, 0.25) is 0 Å². The molecule has 3 nitrogen and oxygen atoms in total.